The number of nitrogens with zero attached hydrogens (tertiary/aromatic N) is 2. The van der Waals surface area contributed by atoms with Crippen molar-refractivity contribution in [2.24, 2.45) is 0 Å². The Bertz CT molecular complexity index is 1190. The molecular formula is C24H26Cl2N2O5S. The van der Waals surface area contributed by atoms with Crippen molar-refractivity contribution in [2.45, 2.75) is 56.1 Å². The summed E-state index contributed by atoms with van der Waals surface area (Å²) in [4.78, 5) is 27.3. The molecule has 2 saturated heterocycles. The number of sulfonamides is 1. The van der Waals surface area contributed by atoms with E-state index in [9.17, 15) is 18.0 Å². The summed E-state index contributed by atoms with van der Waals surface area (Å²) in [6, 6.07) is 10.1. The SMILES string of the molecule is CC(C)c1ccc(N2C(=O)CC(N(CC3CCCO3)S(=O)(=O)c3cc(Cl)ccc3Cl)C2=O)cc1. The standard InChI is InChI=1S/C24H26Cl2N2O5S/c1-15(2)16-5-8-18(9-6-16)28-23(29)13-21(24(28)30)27(14-19-4-3-11-33-19)34(31,32)22-12-17(25)7-10-20(22)26/h5-10,12,15,19,21H,3-4,11,13-14H2,1-2H3. The van der Waals surface area contributed by atoms with Crippen LogP contribution in [0, 0.1) is 0 Å². The van der Waals surface area contributed by atoms with E-state index in [1.54, 1.807) is 12.1 Å². The smallest absolute Gasteiger partial charge is 0.252 e. The van der Waals surface area contributed by atoms with Crippen LogP contribution in [-0.4, -0.2) is 49.8 Å². The van der Waals surface area contributed by atoms with Gasteiger partial charge in [-0.3, -0.25) is 9.59 Å². The van der Waals surface area contributed by atoms with Crippen LogP contribution in [0.3, 0.4) is 0 Å². The largest absolute Gasteiger partial charge is 0.377 e. The Morgan fingerprint density at radius 2 is 1.82 bits per heavy atom. The van der Waals surface area contributed by atoms with E-state index >= 15 is 0 Å². The summed E-state index contributed by atoms with van der Waals surface area (Å²) in [5.41, 5.74) is 1.48. The number of benzene rings is 2. The molecule has 0 aromatic heterocycles. The van der Waals surface area contributed by atoms with Gasteiger partial charge in [0, 0.05) is 18.2 Å². The first-order valence-electron chi connectivity index (χ1n) is 11.1. The van der Waals surface area contributed by atoms with Gasteiger partial charge < -0.3 is 4.74 Å². The maximum atomic E-state index is 13.7. The van der Waals surface area contributed by atoms with E-state index in [1.807, 2.05) is 26.0 Å². The zero-order valence-corrected chi connectivity index (χ0v) is 21.2. The highest BCUT2D eigenvalue weighted by Crippen LogP contribution is 2.34. The molecule has 2 atom stereocenters. The first-order valence-corrected chi connectivity index (χ1v) is 13.3. The Labute approximate surface area is 209 Å². The fraction of sp³-hybridized carbons (Fsp3) is 0.417. The number of hydrogen-bond acceptors (Lipinski definition) is 5. The number of carbonyl (C=O) groups is 2. The van der Waals surface area contributed by atoms with Crippen LogP contribution < -0.4 is 4.90 Å². The summed E-state index contributed by atoms with van der Waals surface area (Å²) in [5, 5.41) is 0.181. The molecule has 0 saturated carbocycles. The number of amides is 2. The van der Waals surface area contributed by atoms with Crippen molar-refractivity contribution in [1.82, 2.24) is 4.31 Å². The third-order valence-corrected chi connectivity index (χ3v) is 8.77. The molecule has 4 rings (SSSR count). The molecule has 2 amide bonds. The van der Waals surface area contributed by atoms with Gasteiger partial charge in [0.25, 0.3) is 5.91 Å². The van der Waals surface area contributed by atoms with Crippen molar-refractivity contribution >= 4 is 50.7 Å². The quantitative estimate of drug-likeness (QED) is 0.493. The number of anilines is 1. The molecule has 2 aliphatic rings. The first kappa shape index (κ1) is 25.1. The molecule has 0 N–H and O–H groups in total. The lowest BCUT2D eigenvalue weighted by atomic mass is 10.0. The van der Waals surface area contributed by atoms with E-state index in [4.69, 9.17) is 27.9 Å². The summed E-state index contributed by atoms with van der Waals surface area (Å²) >= 11 is 12.3. The minimum absolute atomic E-state index is 0.0142. The van der Waals surface area contributed by atoms with E-state index in [2.05, 4.69) is 0 Å². The molecule has 2 aromatic rings. The molecule has 2 aliphatic heterocycles. The molecule has 0 aliphatic carbocycles. The second kappa shape index (κ2) is 9.95. The Balaban J connectivity index is 1.71. The van der Waals surface area contributed by atoms with Gasteiger partial charge in [-0.1, -0.05) is 49.2 Å². The molecule has 0 bridgehead atoms. The van der Waals surface area contributed by atoms with Gasteiger partial charge in [-0.2, -0.15) is 4.31 Å². The molecule has 7 nitrogen and oxygen atoms in total. The molecule has 2 unspecified atom stereocenters. The number of rotatable bonds is 7. The molecule has 182 valence electrons. The van der Waals surface area contributed by atoms with Crippen LogP contribution in [0.2, 0.25) is 10.0 Å². The summed E-state index contributed by atoms with van der Waals surface area (Å²) in [6.45, 7) is 4.55. The highest BCUT2D eigenvalue weighted by atomic mass is 35.5. The van der Waals surface area contributed by atoms with Crippen molar-refractivity contribution < 1.29 is 22.7 Å². The fourth-order valence-corrected chi connectivity index (χ4v) is 6.66. The molecule has 2 heterocycles. The summed E-state index contributed by atoms with van der Waals surface area (Å²) in [5.74, 6) is -0.764. The lowest BCUT2D eigenvalue weighted by Gasteiger charge is -2.29. The summed E-state index contributed by atoms with van der Waals surface area (Å²) in [6.07, 6.45) is 0.803. The van der Waals surface area contributed by atoms with Crippen LogP contribution in [0.25, 0.3) is 0 Å². The zero-order valence-electron chi connectivity index (χ0n) is 18.9. The topological polar surface area (TPSA) is 84.0 Å². The Morgan fingerprint density at radius 1 is 1.12 bits per heavy atom. The van der Waals surface area contributed by atoms with Crippen molar-refractivity contribution in [3.63, 3.8) is 0 Å². The molecule has 0 spiro atoms. The molecule has 10 heteroatoms. The van der Waals surface area contributed by atoms with E-state index < -0.39 is 27.9 Å². The number of ether oxygens (including phenoxy) is 1. The van der Waals surface area contributed by atoms with Gasteiger partial charge in [-0.25, -0.2) is 13.3 Å². The summed E-state index contributed by atoms with van der Waals surface area (Å²) < 4.78 is 34.2. The van der Waals surface area contributed by atoms with Crippen LogP contribution in [0.5, 0.6) is 0 Å². The monoisotopic (exact) mass is 524 g/mol. The molecule has 2 fully saturated rings. The van der Waals surface area contributed by atoms with Crippen LogP contribution in [0.4, 0.5) is 5.69 Å². The third-order valence-electron chi connectivity index (χ3n) is 6.18. The molecule has 2 aromatic carbocycles. The number of hydrogen-bond donors (Lipinski definition) is 0. The Hall–Kier alpha value is -1.97. The van der Waals surface area contributed by atoms with Gasteiger partial charge >= 0.3 is 0 Å². The highest BCUT2D eigenvalue weighted by molar-refractivity contribution is 7.89. The maximum Gasteiger partial charge on any atom is 0.252 e. The minimum atomic E-state index is -4.27. The lowest BCUT2D eigenvalue weighted by molar-refractivity contribution is -0.122. The molecule has 34 heavy (non-hydrogen) atoms. The lowest BCUT2D eigenvalue weighted by Crippen LogP contribution is -2.48. The van der Waals surface area contributed by atoms with Gasteiger partial charge in [-0.05, 0) is 54.7 Å². The molecule has 0 radical (unpaired) electrons. The highest BCUT2D eigenvalue weighted by Gasteiger charge is 2.48. The van der Waals surface area contributed by atoms with Gasteiger partial charge in [0.2, 0.25) is 15.9 Å². The van der Waals surface area contributed by atoms with Gasteiger partial charge in [0.15, 0.2) is 0 Å². The zero-order chi connectivity index (χ0) is 24.6. The molecular weight excluding hydrogens is 499 g/mol. The van der Waals surface area contributed by atoms with Crippen molar-refractivity contribution in [1.29, 1.82) is 0 Å². The van der Waals surface area contributed by atoms with Crippen LogP contribution >= 0.6 is 23.2 Å². The minimum Gasteiger partial charge on any atom is -0.377 e. The van der Waals surface area contributed by atoms with E-state index in [0.29, 0.717) is 24.6 Å². The van der Waals surface area contributed by atoms with Gasteiger partial charge in [0.1, 0.15) is 10.9 Å². The van der Waals surface area contributed by atoms with Crippen molar-refractivity contribution in [3.8, 4) is 0 Å². The van der Waals surface area contributed by atoms with Crippen LogP contribution in [-0.2, 0) is 24.3 Å². The van der Waals surface area contributed by atoms with Crippen LogP contribution in [0.15, 0.2) is 47.4 Å². The second-order valence-electron chi connectivity index (χ2n) is 8.82. The Morgan fingerprint density at radius 3 is 2.44 bits per heavy atom. The average Bonchev–Trinajstić information content (AvgIpc) is 3.41. The number of imide groups is 1. The normalized spacial score (nSPS) is 21.3. The van der Waals surface area contributed by atoms with E-state index in [-0.39, 0.29) is 34.0 Å². The van der Waals surface area contributed by atoms with Gasteiger partial charge in [-0.15, -0.1) is 0 Å². The fourth-order valence-electron chi connectivity index (χ4n) is 4.30. The Kier molecular flexibility index (Phi) is 7.36. The number of halogens is 2. The summed E-state index contributed by atoms with van der Waals surface area (Å²) in [7, 11) is -4.27. The third kappa shape index (κ3) is 4.88. The van der Waals surface area contributed by atoms with Crippen molar-refractivity contribution in [3.05, 3.63) is 58.1 Å². The van der Waals surface area contributed by atoms with Crippen LogP contribution in [0.1, 0.15) is 44.6 Å². The maximum absolute atomic E-state index is 13.7. The predicted octanol–water partition coefficient (Wildman–Crippen LogP) is 4.62. The van der Waals surface area contributed by atoms with E-state index in [0.717, 1.165) is 21.2 Å². The average molecular weight is 525 g/mol. The van der Waals surface area contributed by atoms with Crippen molar-refractivity contribution in [2.75, 3.05) is 18.1 Å². The first-order chi connectivity index (χ1) is 16.1. The van der Waals surface area contributed by atoms with E-state index in [1.165, 1.54) is 18.2 Å². The predicted molar refractivity (Wildman–Crippen MR) is 131 cm³/mol. The second-order valence-corrected chi connectivity index (χ2v) is 11.5. The number of carbonyl (C=O) groups excluding carboxylic acids is 2. The van der Waals surface area contributed by atoms with Gasteiger partial charge in [0.05, 0.1) is 23.2 Å².